The van der Waals surface area contributed by atoms with Gasteiger partial charge >= 0.3 is 165 Å². The van der Waals surface area contributed by atoms with Crippen LogP contribution in [0, 0.1) is 5.41 Å². The molecule has 0 aromatic heterocycles. The molecule has 7 nitrogen and oxygen atoms in total. The number of hydrogen-bond acceptors (Lipinski definition) is 7. The number of carbonyl (C=O) groups excluding carboxylic acids is 3. The topological polar surface area (TPSA) is 88.1 Å². The van der Waals surface area contributed by atoms with Crippen molar-refractivity contribution < 1.29 is 53.3 Å². The van der Waals surface area contributed by atoms with Crippen molar-refractivity contribution in [3.05, 3.63) is 38.0 Å². The number of rotatable bonds is 15. The third-order valence-electron chi connectivity index (χ3n) is 3.28. The van der Waals surface area contributed by atoms with Gasteiger partial charge in [-0.05, 0) is 0 Å². The second-order valence-corrected chi connectivity index (χ2v) is 7.65. The number of ether oxygens (including phenoxy) is 3. The summed E-state index contributed by atoms with van der Waals surface area (Å²) in [7, 11) is 0. The van der Waals surface area contributed by atoms with Gasteiger partial charge < -0.3 is 0 Å². The van der Waals surface area contributed by atoms with Gasteiger partial charge in [-0.3, -0.25) is 0 Å². The summed E-state index contributed by atoms with van der Waals surface area (Å²) >= 11 is -0.723. The van der Waals surface area contributed by atoms with E-state index in [9.17, 15) is 14.4 Å². The number of esters is 2. The summed E-state index contributed by atoms with van der Waals surface area (Å²) in [6.45, 7) is 13.3. The molecule has 0 saturated heterocycles. The van der Waals surface area contributed by atoms with Gasteiger partial charge in [-0.25, -0.2) is 0 Å². The number of alkyl halides is 1. The van der Waals surface area contributed by atoms with E-state index in [1.54, 1.807) is 0 Å². The predicted molar refractivity (Wildman–Crippen MR) is 91.6 cm³/mol. The molecule has 0 unspecified atom stereocenters. The first-order valence-corrected chi connectivity index (χ1v) is 10.4. The van der Waals surface area contributed by atoms with Gasteiger partial charge in [-0.15, -0.1) is 0 Å². The number of halogens is 1. The maximum absolute atomic E-state index is 11.2. The second kappa shape index (κ2) is 14.5. The van der Waals surface area contributed by atoms with Crippen molar-refractivity contribution in [3.63, 3.8) is 0 Å². The molecule has 0 aliphatic heterocycles. The number of hydrogen-bond donors (Lipinski definition) is 0. The van der Waals surface area contributed by atoms with Gasteiger partial charge in [0.1, 0.15) is 0 Å². The van der Waals surface area contributed by atoms with Gasteiger partial charge in [0.2, 0.25) is 0 Å². The minimum atomic E-state index is -0.723. The van der Waals surface area contributed by atoms with Crippen molar-refractivity contribution in [2.75, 3.05) is 30.9 Å². The summed E-state index contributed by atoms with van der Waals surface area (Å²) in [6, 6.07) is 0. The Hall–Kier alpha value is -1.68. The minimum absolute atomic E-state index is 0.212. The molecule has 0 aliphatic rings. The van der Waals surface area contributed by atoms with Crippen LogP contribution in [0.15, 0.2) is 38.0 Å². The fourth-order valence-corrected chi connectivity index (χ4v) is 2.91. The molecule has 0 atom stereocenters. The van der Waals surface area contributed by atoms with Gasteiger partial charge in [0.05, 0.1) is 0 Å². The summed E-state index contributed by atoms with van der Waals surface area (Å²) in [5, 5.41) is 0. The second-order valence-electron chi connectivity index (χ2n) is 5.50. The molecular weight excluding hydrogens is 455 g/mol. The molecule has 0 bridgehead atoms. The predicted octanol–water partition coefficient (Wildman–Crippen LogP) is -1.02. The van der Waals surface area contributed by atoms with E-state index in [2.05, 4.69) is 19.7 Å². The molecule has 0 aromatic carbocycles. The Labute approximate surface area is 165 Å². The van der Waals surface area contributed by atoms with E-state index in [0.717, 1.165) is 18.2 Å². The Morgan fingerprint density at radius 1 is 0.885 bits per heavy atom. The van der Waals surface area contributed by atoms with Crippen molar-refractivity contribution in [2.45, 2.75) is 19.8 Å². The van der Waals surface area contributed by atoms with E-state index in [4.69, 9.17) is 17.3 Å². The van der Waals surface area contributed by atoms with Crippen LogP contribution in [0.1, 0.15) is 19.8 Å². The van der Waals surface area contributed by atoms with E-state index in [-0.39, 0.29) is 18.6 Å². The van der Waals surface area contributed by atoms with Crippen LogP contribution in [0.5, 0.6) is 0 Å². The molecule has 0 spiro atoms. The molecule has 0 saturated carbocycles. The Balaban J connectivity index is 4.32. The molecule has 0 fully saturated rings. The van der Waals surface area contributed by atoms with Gasteiger partial charge in [-0.2, -0.15) is 0 Å². The molecule has 8 heteroatoms. The van der Waals surface area contributed by atoms with E-state index >= 15 is 0 Å². The molecule has 0 N–H and O–H groups in total. The zero-order chi connectivity index (χ0) is 19.8. The zero-order valence-corrected chi connectivity index (χ0v) is 17.2. The van der Waals surface area contributed by atoms with Crippen LogP contribution in [0.4, 0.5) is 0 Å². The maximum atomic E-state index is 11.2. The monoisotopic (exact) mass is 481 g/mol. The summed E-state index contributed by atoms with van der Waals surface area (Å²) in [5.41, 5.74) is -0.348. The third kappa shape index (κ3) is 12.6. The third-order valence-corrected chi connectivity index (χ3v) is 4.91. The molecule has 0 amide bonds. The molecule has 0 aromatic rings. The van der Waals surface area contributed by atoms with Crippen molar-refractivity contribution in [1.82, 2.24) is 0 Å². The molecule has 0 rings (SSSR count). The van der Waals surface area contributed by atoms with Crippen LogP contribution in [0.2, 0.25) is 0 Å². The zero-order valence-electron chi connectivity index (χ0n) is 15.0. The van der Waals surface area contributed by atoms with E-state index in [1.807, 2.05) is 6.92 Å². The summed E-state index contributed by atoms with van der Waals surface area (Å²) in [6.07, 6.45) is 4.42. The average Bonchev–Trinajstić information content (AvgIpc) is 2.63. The standard InChI is InChI=1S/C18H26IO7/c1-5-15(20)24-11-8-18(4,9-12-25-16(21)6-2)14-23-13-10-19-26-17(22)7-3/h5-7H,1-3,8-14H2,4H3/q-1. The van der Waals surface area contributed by atoms with Crippen LogP contribution in [0.3, 0.4) is 0 Å². The van der Waals surface area contributed by atoms with Gasteiger partial charge in [0, 0.05) is 0 Å². The molecule has 0 heterocycles. The van der Waals surface area contributed by atoms with Gasteiger partial charge in [0.15, 0.2) is 0 Å². The Kier molecular flexibility index (Phi) is 13.5. The fraction of sp³-hybridized carbons (Fsp3) is 0.500. The Morgan fingerprint density at radius 2 is 1.38 bits per heavy atom. The van der Waals surface area contributed by atoms with E-state index < -0.39 is 39.5 Å². The number of carbonyl (C=O) groups is 3. The fourth-order valence-electron chi connectivity index (χ4n) is 1.71. The summed E-state index contributed by atoms with van der Waals surface area (Å²) in [5.74, 6) is -1.39. The van der Waals surface area contributed by atoms with Crippen LogP contribution in [0.25, 0.3) is 0 Å². The molecule has 0 aliphatic carbocycles. The molecule has 148 valence electrons. The first-order chi connectivity index (χ1) is 12.4. The summed E-state index contributed by atoms with van der Waals surface area (Å²) < 4.78 is 21.3. The molecular formula is C18H26IO7-. The van der Waals surface area contributed by atoms with Crippen molar-refractivity contribution in [1.29, 1.82) is 0 Å². The first-order valence-electron chi connectivity index (χ1n) is 7.95. The quantitative estimate of drug-likeness (QED) is 0.0974. The normalized spacial score (nSPS) is 10.7. The van der Waals surface area contributed by atoms with Crippen LogP contribution in [-0.4, -0.2) is 48.8 Å². The SMILES string of the molecule is C=CC(=O)OCCC(C)(CCOC(=O)C=C)COCC[I-]OC(=O)C=C. The average molecular weight is 481 g/mol. The van der Waals surface area contributed by atoms with Crippen molar-refractivity contribution in [3.8, 4) is 0 Å². The van der Waals surface area contributed by atoms with Crippen LogP contribution in [-0.2, 0) is 31.7 Å². The van der Waals surface area contributed by atoms with Gasteiger partial charge in [0.25, 0.3) is 0 Å². The summed E-state index contributed by atoms with van der Waals surface area (Å²) in [4.78, 5) is 33.3. The molecule has 0 radical (unpaired) electrons. The van der Waals surface area contributed by atoms with Crippen LogP contribution < -0.4 is 21.6 Å². The van der Waals surface area contributed by atoms with E-state index in [1.165, 1.54) is 0 Å². The Morgan fingerprint density at radius 3 is 1.85 bits per heavy atom. The van der Waals surface area contributed by atoms with Gasteiger partial charge in [-0.1, -0.05) is 0 Å². The first kappa shape index (κ1) is 24.3. The van der Waals surface area contributed by atoms with Crippen LogP contribution >= 0.6 is 0 Å². The molecule has 26 heavy (non-hydrogen) atoms. The van der Waals surface area contributed by atoms with Crippen molar-refractivity contribution >= 4 is 17.9 Å². The van der Waals surface area contributed by atoms with Crippen molar-refractivity contribution in [2.24, 2.45) is 5.41 Å². The van der Waals surface area contributed by atoms with E-state index in [0.29, 0.717) is 30.5 Å². The Bertz CT molecular complexity index is 476.